The number of H-pyrrole nitrogens is 1. The van der Waals surface area contributed by atoms with E-state index in [0.717, 1.165) is 47.7 Å². The predicted octanol–water partition coefficient (Wildman–Crippen LogP) is 0.861. The minimum Gasteiger partial charge on any atom is -0.324 e. The Labute approximate surface area is 149 Å². The predicted molar refractivity (Wildman–Crippen MR) is 97.3 cm³/mol. The highest BCUT2D eigenvalue weighted by Crippen LogP contribution is 2.18. The first kappa shape index (κ1) is 16.5. The average Bonchev–Trinajstić information content (AvgIpc) is 2.99. The van der Waals surface area contributed by atoms with Crippen LogP contribution in [0.1, 0.15) is 28.2 Å². The number of rotatable bonds is 3. The van der Waals surface area contributed by atoms with Gasteiger partial charge in [-0.1, -0.05) is 0 Å². The summed E-state index contributed by atoms with van der Waals surface area (Å²) in [5.41, 5.74) is 5.58. The summed E-state index contributed by atoms with van der Waals surface area (Å²) < 4.78 is 1.62. The van der Waals surface area contributed by atoms with Gasteiger partial charge in [0.25, 0.3) is 5.56 Å². The van der Waals surface area contributed by atoms with Crippen LogP contribution in [0.5, 0.6) is 0 Å². The van der Waals surface area contributed by atoms with Crippen LogP contribution in [0.25, 0.3) is 5.65 Å². The highest BCUT2D eigenvalue weighted by atomic mass is 16.1. The molecular formula is C18H20N6O2. The van der Waals surface area contributed by atoms with E-state index < -0.39 is 0 Å². The van der Waals surface area contributed by atoms with Gasteiger partial charge < -0.3 is 10.6 Å². The molecule has 26 heavy (non-hydrogen) atoms. The Kier molecular flexibility index (Phi) is 4.04. The highest BCUT2D eigenvalue weighted by molar-refractivity contribution is 5.92. The molecule has 1 amide bonds. The number of nitrogens with one attached hydrogen (secondary N) is 3. The number of nitrogens with zero attached hydrogens (tertiary/aromatic N) is 3. The number of hydrogen-bond donors (Lipinski definition) is 3. The lowest BCUT2D eigenvalue weighted by atomic mass is 10.1. The number of carbonyl (C=O) groups excluding carboxylic acids is 1. The van der Waals surface area contributed by atoms with E-state index >= 15 is 0 Å². The topological polar surface area (TPSA) is 104 Å². The van der Waals surface area contributed by atoms with Crippen molar-refractivity contribution in [1.29, 1.82) is 0 Å². The number of aryl methyl sites for hydroxylation is 2. The fourth-order valence-corrected chi connectivity index (χ4v) is 3.39. The maximum absolute atomic E-state index is 12.5. The van der Waals surface area contributed by atoms with Gasteiger partial charge in [-0.15, -0.1) is 0 Å². The van der Waals surface area contributed by atoms with Gasteiger partial charge in [0.15, 0.2) is 5.65 Å². The van der Waals surface area contributed by atoms with Gasteiger partial charge in [0, 0.05) is 48.2 Å². The molecule has 4 rings (SSSR count). The number of fused-ring (bicyclic) bond motifs is 2. The van der Waals surface area contributed by atoms with Crippen LogP contribution >= 0.6 is 0 Å². The van der Waals surface area contributed by atoms with Crippen LogP contribution in [0.3, 0.4) is 0 Å². The zero-order valence-electron chi connectivity index (χ0n) is 14.7. The molecule has 8 heteroatoms. The van der Waals surface area contributed by atoms with Gasteiger partial charge in [0.05, 0.1) is 18.3 Å². The van der Waals surface area contributed by atoms with Crippen molar-refractivity contribution in [2.45, 2.75) is 33.2 Å². The second kappa shape index (κ2) is 6.38. The van der Waals surface area contributed by atoms with Gasteiger partial charge in [-0.25, -0.2) is 9.50 Å². The Morgan fingerprint density at radius 2 is 2.19 bits per heavy atom. The van der Waals surface area contributed by atoms with Crippen molar-refractivity contribution in [2.24, 2.45) is 0 Å². The van der Waals surface area contributed by atoms with Gasteiger partial charge in [0.1, 0.15) is 0 Å². The molecule has 0 fully saturated rings. The summed E-state index contributed by atoms with van der Waals surface area (Å²) in [6.07, 6.45) is 2.78. The van der Waals surface area contributed by atoms with E-state index in [9.17, 15) is 9.59 Å². The Morgan fingerprint density at radius 1 is 1.35 bits per heavy atom. The molecule has 0 spiro atoms. The van der Waals surface area contributed by atoms with E-state index in [4.69, 9.17) is 0 Å². The molecule has 0 atom stereocenters. The molecule has 0 aliphatic carbocycles. The second-order valence-electron chi connectivity index (χ2n) is 6.56. The number of anilines is 1. The Morgan fingerprint density at radius 3 is 3.04 bits per heavy atom. The first-order valence-corrected chi connectivity index (χ1v) is 8.57. The summed E-state index contributed by atoms with van der Waals surface area (Å²) in [7, 11) is 0. The van der Waals surface area contributed by atoms with Gasteiger partial charge in [-0.2, -0.15) is 0 Å². The van der Waals surface area contributed by atoms with Crippen LogP contribution in [0.15, 0.2) is 23.1 Å². The van der Waals surface area contributed by atoms with E-state index in [1.165, 1.54) is 6.07 Å². The Bertz CT molecular complexity index is 1070. The Hall–Kier alpha value is -3.00. The van der Waals surface area contributed by atoms with E-state index in [1.807, 2.05) is 19.9 Å². The third kappa shape index (κ3) is 2.99. The van der Waals surface area contributed by atoms with Crippen LogP contribution in [-0.4, -0.2) is 32.0 Å². The zero-order valence-corrected chi connectivity index (χ0v) is 14.7. The fourth-order valence-electron chi connectivity index (χ4n) is 3.39. The molecule has 0 saturated carbocycles. The molecule has 1 aliphatic rings. The smallest absolute Gasteiger partial charge is 0.266 e. The monoisotopic (exact) mass is 352 g/mol. The number of amides is 1. The van der Waals surface area contributed by atoms with Crippen LogP contribution in [-0.2, 0) is 24.2 Å². The highest BCUT2D eigenvalue weighted by Gasteiger charge is 2.16. The number of aromatic nitrogens is 4. The molecule has 0 bridgehead atoms. The van der Waals surface area contributed by atoms with E-state index in [0.29, 0.717) is 11.3 Å². The maximum atomic E-state index is 12.5. The largest absolute Gasteiger partial charge is 0.324 e. The first-order valence-electron chi connectivity index (χ1n) is 8.57. The summed E-state index contributed by atoms with van der Waals surface area (Å²) in [6, 6.07) is 3.41. The van der Waals surface area contributed by atoms with Gasteiger partial charge in [-0.3, -0.25) is 19.7 Å². The lowest BCUT2D eigenvalue weighted by Crippen LogP contribution is -2.25. The van der Waals surface area contributed by atoms with Crippen molar-refractivity contribution in [3.8, 4) is 0 Å². The quantitative estimate of drug-likeness (QED) is 0.649. The third-order valence-electron chi connectivity index (χ3n) is 4.74. The lowest BCUT2D eigenvalue weighted by Gasteiger charge is -2.17. The standard InChI is InChI=1S/C18H20N6O2/c1-10-14(11(2)24-16(21-10)7-18(26)23-24)6-17(25)22-13-5-12-8-19-4-3-15(12)20-9-13/h5,7,9,19H,3-4,6,8H2,1-2H3,(H,22,25)(H,23,26). The molecule has 0 aromatic carbocycles. The van der Waals surface area contributed by atoms with Gasteiger partial charge >= 0.3 is 0 Å². The first-order chi connectivity index (χ1) is 12.5. The second-order valence-corrected chi connectivity index (χ2v) is 6.56. The van der Waals surface area contributed by atoms with E-state index in [-0.39, 0.29) is 17.9 Å². The molecule has 0 saturated heterocycles. The summed E-state index contributed by atoms with van der Waals surface area (Å²) in [4.78, 5) is 32.9. The average molecular weight is 352 g/mol. The summed E-state index contributed by atoms with van der Waals surface area (Å²) in [5.74, 6) is -0.141. The molecule has 4 heterocycles. The molecule has 1 aliphatic heterocycles. The van der Waals surface area contributed by atoms with Crippen LogP contribution in [0.4, 0.5) is 5.69 Å². The maximum Gasteiger partial charge on any atom is 0.266 e. The molecular weight excluding hydrogens is 332 g/mol. The zero-order chi connectivity index (χ0) is 18.3. The number of aromatic amines is 1. The van der Waals surface area contributed by atoms with Crippen LogP contribution in [0, 0.1) is 13.8 Å². The van der Waals surface area contributed by atoms with Crippen molar-refractivity contribution in [3.63, 3.8) is 0 Å². The molecule has 0 radical (unpaired) electrons. The summed E-state index contributed by atoms with van der Waals surface area (Å²) in [6.45, 7) is 5.42. The SMILES string of the molecule is Cc1nc2cc(=O)[nH]n2c(C)c1CC(=O)Nc1cnc2c(c1)CNCC2. The van der Waals surface area contributed by atoms with Crippen molar-refractivity contribution in [3.05, 3.63) is 56.9 Å². The number of carbonyl (C=O) groups is 1. The molecule has 3 aromatic rings. The van der Waals surface area contributed by atoms with Gasteiger partial charge in [-0.05, 0) is 25.5 Å². The van der Waals surface area contributed by atoms with E-state index in [1.54, 1.807) is 10.7 Å². The minimum absolute atomic E-state index is 0.141. The van der Waals surface area contributed by atoms with Crippen LogP contribution in [0.2, 0.25) is 0 Å². The fraction of sp³-hybridized carbons (Fsp3) is 0.333. The third-order valence-corrected chi connectivity index (χ3v) is 4.74. The molecule has 134 valence electrons. The molecule has 0 unspecified atom stereocenters. The lowest BCUT2D eigenvalue weighted by molar-refractivity contribution is -0.115. The van der Waals surface area contributed by atoms with Crippen molar-refractivity contribution < 1.29 is 4.79 Å². The Balaban J connectivity index is 1.57. The minimum atomic E-state index is -0.213. The van der Waals surface area contributed by atoms with Crippen LogP contribution < -0.4 is 16.2 Å². The van der Waals surface area contributed by atoms with Gasteiger partial charge in [0.2, 0.25) is 5.91 Å². The van der Waals surface area contributed by atoms with E-state index in [2.05, 4.69) is 25.7 Å². The summed E-state index contributed by atoms with van der Waals surface area (Å²) >= 11 is 0. The summed E-state index contributed by atoms with van der Waals surface area (Å²) in [5, 5.41) is 8.91. The number of hydrogen-bond acceptors (Lipinski definition) is 5. The molecule has 3 aromatic heterocycles. The molecule has 3 N–H and O–H groups in total. The molecule has 8 nitrogen and oxygen atoms in total. The van der Waals surface area contributed by atoms with Crippen molar-refractivity contribution in [1.82, 2.24) is 24.9 Å². The van der Waals surface area contributed by atoms with Crippen molar-refractivity contribution in [2.75, 3.05) is 11.9 Å². The normalized spacial score (nSPS) is 13.6. The van der Waals surface area contributed by atoms with Crippen molar-refractivity contribution >= 4 is 17.2 Å². The number of pyridine rings is 1.